The van der Waals surface area contributed by atoms with Gasteiger partial charge >= 0.3 is 0 Å². The van der Waals surface area contributed by atoms with Crippen molar-refractivity contribution in [1.82, 2.24) is 5.32 Å². The summed E-state index contributed by atoms with van der Waals surface area (Å²) in [6.45, 7) is 12.7. The lowest BCUT2D eigenvalue weighted by molar-refractivity contribution is 0.347. The van der Waals surface area contributed by atoms with Crippen LogP contribution in [0.5, 0.6) is 0 Å². The van der Waals surface area contributed by atoms with Crippen LogP contribution >= 0.6 is 0 Å². The molecule has 0 amide bonds. The first-order valence-electron chi connectivity index (χ1n) is 6.32. The molecule has 102 valence electrons. The Kier molecular flexibility index (Phi) is 7.02. The van der Waals surface area contributed by atoms with Gasteiger partial charge < -0.3 is 5.32 Å². The van der Waals surface area contributed by atoms with Crippen molar-refractivity contribution in [3.63, 3.8) is 0 Å². The van der Waals surface area contributed by atoms with E-state index in [1.54, 1.807) is 6.92 Å². The molecule has 1 unspecified atom stereocenters. The van der Waals surface area contributed by atoms with Crippen molar-refractivity contribution in [2.45, 2.75) is 46.6 Å². The number of nitrogens with one attached hydrogen (secondary N) is 1. The Morgan fingerprint density at radius 3 is 2.41 bits per heavy atom. The van der Waals surface area contributed by atoms with E-state index in [1.807, 2.05) is 6.08 Å². The van der Waals surface area contributed by atoms with Gasteiger partial charge in [0.2, 0.25) is 0 Å². The van der Waals surface area contributed by atoms with Gasteiger partial charge in [0, 0.05) is 18.3 Å². The fourth-order valence-electron chi connectivity index (χ4n) is 1.54. The Bertz CT molecular complexity index is 322. The van der Waals surface area contributed by atoms with Gasteiger partial charge in [0.1, 0.15) is 9.84 Å². The second-order valence-corrected chi connectivity index (χ2v) is 7.71. The number of hydrogen-bond donors (Lipinski definition) is 1. The third kappa shape index (κ3) is 7.55. The summed E-state index contributed by atoms with van der Waals surface area (Å²) in [7, 11) is -2.84. The second kappa shape index (κ2) is 7.17. The summed E-state index contributed by atoms with van der Waals surface area (Å²) in [5.74, 6) is 0.524. The fraction of sp³-hybridized carbons (Fsp3) is 0.846. The highest BCUT2D eigenvalue weighted by Crippen LogP contribution is 2.24. The predicted octanol–water partition coefficient (Wildman–Crippen LogP) is 2.39. The Balaban J connectivity index is 4.17. The summed E-state index contributed by atoms with van der Waals surface area (Å²) in [6.07, 6.45) is 3.49. The Morgan fingerprint density at radius 1 is 1.41 bits per heavy atom. The Labute approximate surface area is 107 Å². The van der Waals surface area contributed by atoms with Crippen molar-refractivity contribution in [1.29, 1.82) is 0 Å². The first-order valence-corrected chi connectivity index (χ1v) is 8.14. The van der Waals surface area contributed by atoms with Crippen LogP contribution in [0, 0.1) is 5.41 Å². The van der Waals surface area contributed by atoms with Gasteiger partial charge in [0.05, 0.1) is 5.75 Å². The van der Waals surface area contributed by atoms with E-state index in [9.17, 15) is 8.42 Å². The van der Waals surface area contributed by atoms with Crippen LogP contribution in [0.2, 0.25) is 0 Å². The molecule has 4 heteroatoms. The molecule has 0 bridgehead atoms. The molecule has 1 N–H and O–H groups in total. The van der Waals surface area contributed by atoms with Crippen molar-refractivity contribution in [3.05, 3.63) is 12.7 Å². The van der Waals surface area contributed by atoms with Gasteiger partial charge in [-0.2, -0.15) is 0 Å². The fourth-order valence-corrected chi connectivity index (χ4v) is 2.41. The molecule has 0 aromatic carbocycles. The summed E-state index contributed by atoms with van der Waals surface area (Å²) in [5, 5.41) is 3.38. The van der Waals surface area contributed by atoms with Gasteiger partial charge in [-0.05, 0) is 18.3 Å². The van der Waals surface area contributed by atoms with Crippen LogP contribution in [0.1, 0.15) is 40.5 Å². The molecule has 0 radical (unpaired) electrons. The maximum absolute atomic E-state index is 11.4. The Hall–Kier alpha value is -0.350. The zero-order chi connectivity index (χ0) is 13.5. The maximum atomic E-state index is 11.4. The summed E-state index contributed by atoms with van der Waals surface area (Å²) < 4.78 is 22.8. The second-order valence-electron chi connectivity index (χ2n) is 5.23. The molecular weight excluding hydrogens is 234 g/mol. The molecule has 0 aliphatic carbocycles. The van der Waals surface area contributed by atoms with E-state index < -0.39 is 9.84 Å². The van der Waals surface area contributed by atoms with Gasteiger partial charge in [-0.3, -0.25) is 0 Å². The normalized spacial score (nSPS) is 15.8. The van der Waals surface area contributed by atoms with E-state index in [1.165, 1.54) is 0 Å². The highest BCUT2D eigenvalue weighted by molar-refractivity contribution is 7.91. The van der Waals surface area contributed by atoms with Crippen LogP contribution < -0.4 is 5.32 Å². The average molecular weight is 261 g/mol. The van der Waals surface area contributed by atoms with Crippen LogP contribution in [-0.2, 0) is 9.84 Å². The number of hydrogen-bond acceptors (Lipinski definition) is 3. The van der Waals surface area contributed by atoms with Gasteiger partial charge in [-0.25, -0.2) is 8.42 Å². The minimum absolute atomic E-state index is 0.0203. The molecule has 0 rings (SSSR count). The molecule has 0 heterocycles. The topological polar surface area (TPSA) is 46.2 Å². The van der Waals surface area contributed by atoms with E-state index in [4.69, 9.17) is 0 Å². The lowest BCUT2D eigenvalue weighted by Gasteiger charge is -2.27. The largest absolute Gasteiger partial charge is 0.314 e. The van der Waals surface area contributed by atoms with Crippen LogP contribution in [0.15, 0.2) is 12.7 Å². The SMILES string of the molecule is C=CC(C)(CCCS(=O)(=O)CC)CNC(C)C. The monoisotopic (exact) mass is 261 g/mol. The molecular formula is C13H27NO2S. The highest BCUT2D eigenvalue weighted by atomic mass is 32.2. The van der Waals surface area contributed by atoms with Crippen LogP contribution in [0.25, 0.3) is 0 Å². The van der Waals surface area contributed by atoms with Crippen molar-refractivity contribution in [2.24, 2.45) is 5.41 Å². The van der Waals surface area contributed by atoms with Crippen molar-refractivity contribution < 1.29 is 8.42 Å². The molecule has 3 nitrogen and oxygen atoms in total. The molecule has 0 saturated heterocycles. The molecule has 17 heavy (non-hydrogen) atoms. The average Bonchev–Trinajstić information content (AvgIpc) is 2.26. The number of rotatable bonds is 9. The van der Waals surface area contributed by atoms with E-state index >= 15 is 0 Å². The zero-order valence-electron chi connectivity index (χ0n) is 11.6. The first kappa shape index (κ1) is 16.6. The van der Waals surface area contributed by atoms with Gasteiger partial charge in [0.15, 0.2) is 0 Å². The van der Waals surface area contributed by atoms with Gasteiger partial charge in [-0.1, -0.05) is 33.8 Å². The third-order valence-electron chi connectivity index (χ3n) is 3.05. The zero-order valence-corrected chi connectivity index (χ0v) is 12.4. The third-order valence-corrected chi connectivity index (χ3v) is 4.84. The molecule has 0 saturated carbocycles. The van der Waals surface area contributed by atoms with E-state index in [-0.39, 0.29) is 16.9 Å². The lowest BCUT2D eigenvalue weighted by atomic mass is 9.85. The van der Waals surface area contributed by atoms with Crippen molar-refractivity contribution in [2.75, 3.05) is 18.1 Å². The highest BCUT2D eigenvalue weighted by Gasteiger charge is 2.21. The van der Waals surface area contributed by atoms with Crippen LogP contribution in [0.3, 0.4) is 0 Å². The molecule has 1 atom stereocenters. The van der Waals surface area contributed by atoms with E-state index in [0.29, 0.717) is 12.5 Å². The number of sulfone groups is 1. The van der Waals surface area contributed by atoms with Gasteiger partial charge in [0.25, 0.3) is 0 Å². The van der Waals surface area contributed by atoms with Crippen molar-refractivity contribution >= 4 is 9.84 Å². The molecule has 0 aromatic rings. The lowest BCUT2D eigenvalue weighted by Crippen LogP contribution is -2.34. The van der Waals surface area contributed by atoms with E-state index in [2.05, 4.69) is 32.7 Å². The van der Waals surface area contributed by atoms with Crippen LogP contribution in [-0.4, -0.2) is 32.5 Å². The predicted molar refractivity (Wildman–Crippen MR) is 75.0 cm³/mol. The quantitative estimate of drug-likeness (QED) is 0.648. The molecule has 0 fully saturated rings. The Morgan fingerprint density at radius 2 is 2.00 bits per heavy atom. The minimum atomic E-state index is -2.84. The van der Waals surface area contributed by atoms with Crippen LogP contribution in [0.4, 0.5) is 0 Å². The molecule has 0 aromatic heterocycles. The first-order chi connectivity index (χ1) is 7.74. The molecule has 0 spiro atoms. The summed E-state index contributed by atoms with van der Waals surface area (Å²) in [4.78, 5) is 0. The minimum Gasteiger partial charge on any atom is -0.314 e. The summed E-state index contributed by atoms with van der Waals surface area (Å²) >= 11 is 0. The molecule has 0 aliphatic heterocycles. The molecule has 0 aliphatic rings. The van der Waals surface area contributed by atoms with E-state index in [0.717, 1.165) is 13.0 Å². The standard InChI is InChI=1S/C13H27NO2S/c1-6-13(5,11-14-12(3)4)9-8-10-17(15,16)7-2/h6,12,14H,1,7-11H2,2-5H3. The smallest absolute Gasteiger partial charge is 0.150 e. The van der Waals surface area contributed by atoms with Gasteiger partial charge in [-0.15, -0.1) is 6.58 Å². The summed E-state index contributed by atoms with van der Waals surface area (Å²) in [6, 6.07) is 0.439. The summed E-state index contributed by atoms with van der Waals surface area (Å²) in [5.41, 5.74) is -0.0203. The van der Waals surface area contributed by atoms with Crippen molar-refractivity contribution in [3.8, 4) is 0 Å². The maximum Gasteiger partial charge on any atom is 0.150 e.